The molecule has 11 heteroatoms. The first-order valence-corrected chi connectivity index (χ1v) is 12.3. The van der Waals surface area contributed by atoms with Crippen LogP contribution >= 0.6 is 0 Å². The molecule has 2 saturated heterocycles. The molecule has 2 fully saturated rings. The second-order valence-corrected chi connectivity index (χ2v) is 9.81. The molecule has 3 heterocycles. The van der Waals surface area contributed by atoms with Gasteiger partial charge in [-0.25, -0.2) is 8.42 Å². The van der Waals surface area contributed by atoms with Crippen LogP contribution in [0.1, 0.15) is 19.5 Å². The number of sulfonamides is 1. The summed E-state index contributed by atoms with van der Waals surface area (Å²) in [5, 5.41) is 7.07. The van der Waals surface area contributed by atoms with Crippen molar-refractivity contribution in [1.82, 2.24) is 24.6 Å². The molecule has 0 amide bonds. The van der Waals surface area contributed by atoms with Crippen LogP contribution in [0.3, 0.4) is 0 Å². The molecule has 3 rings (SSSR count). The summed E-state index contributed by atoms with van der Waals surface area (Å²) in [6.07, 6.45) is 1.39. The molecule has 10 nitrogen and oxygen atoms in total. The highest BCUT2D eigenvalue weighted by Crippen LogP contribution is 2.13. The summed E-state index contributed by atoms with van der Waals surface area (Å²) in [5.74, 6) is 1.18. The Morgan fingerprint density at radius 1 is 1.23 bits per heavy atom. The fourth-order valence-electron chi connectivity index (χ4n) is 3.72. The first-order valence-electron chi connectivity index (χ1n) is 10.7. The summed E-state index contributed by atoms with van der Waals surface area (Å²) in [4.78, 5) is 9.41. The third-order valence-electron chi connectivity index (χ3n) is 5.31. The summed E-state index contributed by atoms with van der Waals surface area (Å²) in [5.41, 5.74) is 0.432. The van der Waals surface area contributed by atoms with Gasteiger partial charge in [0.05, 0.1) is 18.9 Å². The highest BCUT2D eigenvalue weighted by molar-refractivity contribution is 7.88. The van der Waals surface area contributed by atoms with E-state index in [4.69, 9.17) is 14.3 Å². The van der Waals surface area contributed by atoms with Crippen molar-refractivity contribution in [3.05, 3.63) is 18.0 Å². The number of morpholine rings is 1. The number of guanidine groups is 1. The molecule has 2 aliphatic rings. The fraction of sp³-hybridized carbons (Fsp3) is 0.789. The number of ether oxygens (including phenoxy) is 1. The lowest BCUT2D eigenvalue weighted by molar-refractivity contribution is 0.0323. The van der Waals surface area contributed by atoms with Gasteiger partial charge in [-0.3, -0.25) is 9.89 Å². The monoisotopic (exact) mass is 442 g/mol. The number of aliphatic imine (C=N–C) groups is 1. The first kappa shape index (κ1) is 23.0. The van der Waals surface area contributed by atoms with E-state index in [1.807, 2.05) is 6.92 Å². The molecular weight excluding hydrogens is 408 g/mol. The van der Waals surface area contributed by atoms with Crippen LogP contribution in [0.5, 0.6) is 0 Å². The van der Waals surface area contributed by atoms with Crippen molar-refractivity contribution in [1.29, 1.82) is 0 Å². The van der Waals surface area contributed by atoms with Crippen molar-refractivity contribution < 1.29 is 17.7 Å². The largest absolute Gasteiger partial charge is 0.379 e. The van der Waals surface area contributed by atoms with Gasteiger partial charge in [0.2, 0.25) is 10.0 Å². The minimum absolute atomic E-state index is 0.128. The van der Waals surface area contributed by atoms with Crippen LogP contribution in [0.25, 0.3) is 0 Å². The molecule has 1 unspecified atom stereocenters. The average Bonchev–Trinajstić information content (AvgIpc) is 3.24. The van der Waals surface area contributed by atoms with Crippen molar-refractivity contribution >= 4 is 16.0 Å². The van der Waals surface area contributed by atoms with Crippen molar-refractivity contribution in [3.63, 3.8) is 0 Å². The number of nitrogens with zero attached hydrogens (tertiary/aromatic N) is 5. The summed E-state index contributed by atoms with van der Waals surface area (Å²) >= 11 is 0. The predicted molar refractivity (Wildman–Crippen MR) is 115 cm³/mol. The third-order valence-corrected chi connectivity index (χ3v) is 7.13. The Balaban J connectivity index is 1.51. The SMILES string of the molecule is CCNC(=NCC(C)CN1CCOCC1)N1CCN(S(=O)(=O)Cc2ccon2)CC1. The third kappa shape index (κ3) is 6.66. The highest BCUT2D eigenvalue weighted by Gasteiger charge is 2.29. The zero-order valence-corrected chi connectivity index (χ0v) is 18.8. The van der Waals surface area contributed by atoms with E-state index >= 15 is 0 Å². The fourth-order valence-corrected chi connectivity index (χ4v) is 5.14. The molecule has 1 atom stereocenters. The van der Waals surface area contributed by atoms with Crippen LogP contribution < -0.4 is 5.32 Å². The van der Waals surface area contributed by atoms with Gasteiger partial charge >= 0.3 is 0 Å². The second-order valence-electron chi connectivity index (χ2n) is 7.85. The molecule has 0 aliphatic carbocycles. The van der Waals surface area contributed by atoms with E-state index in [1.165, 1.54) is 10.6 Å². The maximum Gasteiger partial charge on any atom is 0.220 e. The Morgan fingerprint density at radius 3 is 2.60 bits per heavy atom. The van der Waals surface area contributed by atoms with Crippen molar-refractivity contribution in [2.75, 3.05) is 72.1 Å². The molecule has 30 heavy (non-hydrogen) atoms. The number of hydrogen-bond acceptors (Lipinski definition) is 7. The molecule has 0 saturated carbocycles. The second kappa shape index (κ2) is 11.1. The van der Waals surface area contributed by atoms with Crippen molar-refractivity contribution in [2.45, 2.75) is 19.6 Å². The lowest BCUT2D eigenvalue weighted by atomic mass is 10.1. The molecule has 170 valence electrons. The van der Waals surface area contributed by atoms with Crippen molar-refractivity contribution in [3.8, 4) is 0 Å². The van der Waals surface area contributed by atoms with Crippen LogP contribution in [-0.4, -0.2) is 106 Å². The van der Waals surface area contributed by atoms with Crippen LogP contribution in [0, 0.1) is 5.92 Å². The quantitative estimate of drug-likeness (QED) is 0.445. The standard InChI is InChI=1S/C19H34N6O4S/c1-3-20-19(21-14-17(2)15-23-9-12-28-13-10-23)24-5-7-25(8-6-24)30(26,27)16-18-4-11-29-22-18/h4,11,17H,3,5-10,12-16H2,1-2H3,(H,20,21). The number of hydrogen-bond donors (Lipinski definition) is 1. The minimum Gasteiger partial charge on any atom is -0.379 e. The van der Waals surface area contributed by atoms with Crippen LogP contribution in [0.4, 0.5) is 0 Å². The number of aromatic nitrogens is 1. The molecular formula is C19H34N6O4S. The van der Waals surface area contributed by atoms with E-state index in [1.54, 1.807) is 6.07 Å². The highest BCUT2D eigenvalue weighted by atomic mass is 32.2. The first-order chi connectivity index (χ1) is 14.5. The number of piperazine rings is 1. The maximum atomic E-state index is 12.6. The van der Waals surface area contributed by atoms with E-state index < -0.39 is 10.0 Å². The normalized spacial score (nSPS) is 21.0. The minimum atomic E-state index is -3.40. The lowest BCUT2D eigenvalue weighted by Gasteiger charge is -2.36. The molecule has 1 aromatic heterocycles. The van der Waals surface area contributed by atoms with Gasteiger partial charge < -0.3 is 19.5 Å². The predicted octanol–water partition coefficient (Wildman–Crippen LogP) is 0.0558. The van der Waals surface area contributed by atoms with Gasteiger partial charge in [0.25, 0.3) is 0 Å². The van der Waals surface area contributed by atoms with Crippen LogP contribution in [-0.2, 0) is 20.5 Å². The molecule has 1 N–H and O–H groups in total. The van der Waals surface area contributed by atoms with E-state index in [0.29, 0.717) is 37.8 Å². The summed E-state index contributed by atoms with van der Waals surface area (Å²) in [6, 6.07) is 1.59. The van der Waals surface area contributed by atoms with Crippen LogP contribution in [0.2, 0.25) is 0 Å². The van der Waals surface area contributed by atoms with E-state index in [2.05, 4.69) is 27.2 Å². The van der Waals surface area contributed by atoms with Gasteiger partial charge in [-0.15, -0.1) is 0 Å². The Bertz CT molecular complexity index is 756. The summed E-state index contributed by atoms with van der Waals surface area (Å²) < 4.78 is 36.9. The molecule has 2 aliphatic heterocycles. The van der Waals surface area contributed by atoms with E-state index in [0.717, 1.165) is 51.9 Å². The van der Waals surface area contributed by atoms with E-state index in [9.17, 15) is 8.42 Å². The summed E-state index contributed by atoms with van der Waals surface area (Å²) in [7, 11) is -3.40. The van der Waals surface area contributed by atoms with Gasteiger partial charge in [-0.1, -0.05) is 12.1 Å². The van der Waals surface area contributed by atoms with Crippen LogP contribution in [0.15, 0.2) is 21.8 Å². The van der Waals surface area contributed by atoms with Gasteiger partial charge in [-0.2, -0.15) is 4.31 Å². The van der Waals surface area contributed by atoms with Gasteiger partial charge in [0.1, 0.15) is 12.0 Å². The van der Waals surface area contributed by atoms with Gasteiger partial charge in [0.15, 0.2) is 5.96 Å². The number of rotatable bonds is 8. The van der Waals surface area contributed by atoms with E-state index in [-0.39, 0.29) is 5.75 Å². The van der Waals surface area contributed by atoms with Crippen molar-refractivity contribution in [2.24, 2.45) is 10.9 Å². The maximum absolute atomic E-state index is 12.6. The zero-order valence-electron chi connectivity index (χ0n) is 18.0. The number of nitrogens with one attached hydrogen (secondary N) is 1. The summed E-state index contributed by atoms with van der Waals surface area (Å²) in [6.45, 7) is 12.5. The Kier molecular flexibility index (Phi) is 8.49. The Morgan fingerprint density at radius 2 is 1.97 bits per heavy atom. The topological polar surface area (TPSA) is 104 Å². The Hall–Kier alpha value is -1.69. The molecule has 0 spiro atoms. The van der Waals surface area contributed by atoms with Gasteiger partial charge in [-0.05, 0) is 12.8 Å². The molecule has 0 aromatic carbocycles. The smallest absolute Gasteiger partial charge is 0.220 e. The average molecular weight is 443 g/mol. The lowest BCUT2D eigenvalue weighted by Crippen LogP contribution is -2.54. The molecule has 0 bridgehead atoms. The molecule has 0 radical (unpaired) electrons. The molecule has 1 aromatic rings. The zero-order chi connectivity index (χ0) is 21.4. The Labute approximate surface area is 179 Å². The van der Waals surface area contributed by atoms with Gasteiger partial charge in [0, 0.05) is 65.0 Å².